The van der Waals surface area contributed by atoms with Crippen molar-refractivity contribution >= 4 is 11.9 Å². The lowest BCUT2D eigenvalue weighted by Crippen LogP contribution is -2.70. The van der Waals surface area contributed by atoms with Crippen LogP contribution in [0.5, 0.6) is 0 Å². The largest absolute Gasteiger partial charge is 0.385 e. The van der Waals surface area contributed by atoms with Gasteiger partial charge >= 0.3 is 6.03 Å². The Balaban J connectivity index is 1.70. The van der Waals surface area contributed by atoms with Crippen LogP contribution >= 0.6 is 0 Å². The molecule has 1 atom stereocenters. The van der Waals surface area contributed by atoms with Crippen LogP contribution in [0.25, 0.3) is 0 Å². The van der Waals surface area contributed by atoms with Crippen molar-refractivity contribution in [3.8, 4) is 0 Å². The van der Waals surface area contributed by atoms with Crippen LogP contribution in [0.15, 0.2) is 35.3 Å². The molecule has 0 aromatic heterocycles. The van der Waals surface area contributed by atoms with Gasteiger partial charge < -0.3 is 15.5 Å². The molecule has 3 saturated heterocycles. The summed E-state index contributed by atoms with van der Waals surface area (Å²) in [7, 11) is 0. The van der Waals surface area contributed by atoms with E-state index in [1.807, 2.05) is 23.1 Å². The Labute approximate surface area is 124 Å². The van der Waals surface area contributed by atoms with Gasteiger partial charge in [-0.2, -0.15) is 4.99 Å². The second-order valence-corrected chi connectivity index (χ2v) is 6.33. The van der Waals surface area contributed by atoms with Crippen LogP contribution in [0.4, 0.5) is 4.79 Å². The van der Waals surface area contributed by atoms with Gasteiger partial charge in [0.05, 0.1) is 0 Å². The molecule has 4 aliphatic heterocycles. The summed E-state index contributed by atoms with van der Waals surface area (Å²) in [5.41, 5.74) is 6.99. The van der Waals surface area contributed by atoms with Gasteiger partial charge in [0, 0.05) is 13.1 Å². The second-order valence-electron chi connectivity index (χ2n) is 6.33. The maximum Gasteiger partial charge on any atom is 0.346 e. The van der Waals surface area contributed by atoms with Crippen molar-refractivity contribution in [2.75, 3.05) is 19.6 Å². The van der Waals surface area contributed by atoms with E-state index in [0.717, 1.165) is 38.0 Å². The van der Waals surface area contributed by atoms with E-state index in [2.05, 4.69) is 22.0 Å². The topological polar surface area (TPSA) is 61.9 Å². The smallest absolute Gasteiger partial charge is 0.346 e. The summed E-state index contributed by atoms with van der Waals surface area (Å²) in [5.74, 6) is 0.972. The number of aliphatic imine (C=N–C) groups is 1. The molecule has 5 rings (SSSR count). The van der Waals surface area contributed by atoms with Crippen molar-refractivity contribution in [2.45, 2.75) is 24.9 Å². The molecule has 1 unspecified atom stereocenters. The maximum atomic E-state index is 12.4. The fourth-order valence-electron chi connectivity index (χ4n) is 4.18. The first kappa shape index (κ1) is 12.8. The number of hydrogen-bond donors (Lipinski definition) is 1. The number of carbonyl (C=O) groups is 1. The lowest BCUT2D eigenvalue weighted by molar-refractivity contribution is -0.00797. The van der Waals surface area contributed by atoms with E-state index < -0.39 is 0 Å². The summed E-state index contributed by atoms with van der Waals surface area (Å²) in [6.45, 7) is 3.67. The van der Waals surface area contributed by atoms with Crippen LogP contribution in [0.2, 0.25) is 0 Å². The van der Waals surface area contributed by atoms with E-state index in [0.29, 0.717) is 18.3 Å². The predicted octanol–water partition coefficient (Wildman–Crippen LogP) is 1.44. The minimum absolute atomic E-state index is 0.176. The van der Waals surface area contributed by atoms with Gasteiger partial charge in [-0.05, 0) is 37.4 Å². The van der Waals surface area contributed by atoms with Crippen molar-refractivity contribution in [3.63, 3.8) is 0 Å². The number of nitrogens with zero attached hydrogens (tertiary/aromatic N) is 3. The van der Waals surface area contributed by atoms with Gasteiger partial charge in [0.15, 0.2) is 0 Å². The van der Waals surface area contributed by atoms with Gasteiger partial charge in [-0.1, -0.05) is 30.3 Å². The third kappa shape index (κ3) is 1.80. The number of piperidine rings is 3. The predicted molar refractivity (Wildman–Crippen MR) is 80.9 cm³/mol. The van der Waals surface area contributed by atoms with E-state index in [9.17, 15) is 4.79 Å². The molecule has 5 nitrogen and oxygen atoms in total. The van der Waals surface area contributed by atoms with Crippen LogP contribution in [-0.2, 0) is 6.54 Å². The highest BCUT2D eigenvalue weighted by molar-refractivity contribution is 6.06. The normalized spacial score (nSPS) is 34.6. The van der Waals surface area contributed by atoms with Crippen LogP contribution < -0.4 is 5.73 Å². The molecule has 3 fully saturated rings. The Bertz CT molecular complexity index is 592. The number of nitrogens with two attached hydrogens (primary N) is 1. The van der Waals surface area contributed by atoms with Crippen LogP contribution in [0.1, 0.15) is 18.4 Å². The van der Waals surface area contributed by atoms with Gasteiger partial charge in [-0.15, -0.1) is 0 Å². The number of amides is 2. The van der Waals surface area contributed by atoms with Gasteiger partial charge in [-0.25, -0.2) is 4.79 Å². The molecule has 2 amide bonds. The fraction of sp³-hybridized carbons (Fsp3) is 0.500. The van der Waals surface area contributed by atoms with E-state index in [1.165, 1.54) is 0 Å². The Morgan fingerprint density at radius 3 is 2.57 bits per heavy atom. The molecule has 1 spiro atoms. The van der Waals surface area contributed by atoms with Crippen molar-refractivity contribution in [3.05, 3.63) is 35.9 Å². The first-order valence-corrected chi connectivity index (χ1v) is 7.63. The highest BCUT2D eigenvalue weighted by Gasteiger charge is 2.57. The molecular formula is C16H20N4O. The molecule has 0 saturated carbocycles. The monoisotopic (exact) mass is 284 g/mol. The van der Waals surface area contributed by atoms with Crippen molar-refractivity contribution in [2.24, 2.45) is 16.6 Å². The Morgan fingerprint density at radius 2 is 1.95 bits per heavy atom. The first-order valence-electron chi connectivity index (χ1n) is 7.63. The van der Waals surface area contributed by atoms with Gasteiger partial charge in [0.25, 0.3) is 0 Å². The molecule has 2 bridgehead atoms. The molecule has 5 heteroatoms. The Kier molecular flexibility index (Phi) is 2.79. The molecular weight excluding hydrogens is 264 g/mol. The molecule has 0 radical (unpaired) electrons. The fourth-order valence-corrected chi connectivity index (χ4v) is 4.18. The summed E-state index contributed by atoms with van der Waals surface area (Å²) < 4.78 is 0. The number of amidine groups is 1. The second kappa shape index (κ2) is 4.56. The molecule has 0 aliphatic carbocycles. The minimum Gasteiger partial charge on any atom is -0.385 e. The van der Waals surface area contributed by atoms with Crippen LogP contribution in [0.3, 0.4) is 0 Å². The lowest BCUT2D eigenvalue weighted by Gasteiger charge is -2.54. The zero-order valence-corrected chi connectivity index (χ0v) is 12.0. The Hall–Kier alpha value is -1.88. The van der Waals surface area contributed by atoms with E-state index in [-0.39, 0.29) is 11.6 Å². The zero-order valence-electron chi connectivity index (χ0n) is 12.0. The van der Waals surface area contributed by atoms with E-state index >= 15 is 0 Å². The number of hydrogen-bond acceptors (Lipinski definition) is 3. The third-order valence-corrected chi connectivity index (χ3v) is 5.28. The molecule has 110 valence electrons. The number of rotatable bonds is 2. The number of carbonyl (C=O) groups excluding carboxylic acids is 1. The Morgan fingerprint density at radius 1 is 1.24 bits per heavy atom. The summed E-state index contributed by atoms with van der Waals surface area (Å²) in [6, 6.07) is 9.93. The highest BCUT2D eigenvalue weighted by Crippen LogP contribution is 2.43. The van der Waals surface area contributed by atoms with E-state index in [1.54, 1.807) is 0 Å². The summed E-state index contributed by atoms with van der Waals surface area (Å²) in [4.78, 5) is 20.8. The van der Waals surface area contributed by atoms with Crippen molar-refractivity contribution < 1.29 is 4.79 Å². The summed E-state index contributed by atoms with van der Waals surface area (Å²) >= 11 is 0. The highest BCUT2D eigenvalue weighted by atomic mass is 16.2. The minimum atomic E-state index is -0.372. The molecule has 2 N–H and O–H groups in total. The van der Waals surface area contributed by atoms with Crippen molar-refractivity contribution in [1.29, 1.82) is 0 Å². The van der Waals surface area contributed by atoms with Crippen LogP contribution in [-0.4, -0.2) is 46.8 Å². The number of urea groups is 1. The zero-order chi connectivity index (χ0) is 14.4. The molecule has 1 aromatic carbocycles. The number of benzene rings is 1. The third-order valence-electron chi connectivity index (χ3n) is 5.28. The van der Waals surface area contributed by atoms with Crippen molar-refractivity contribution in [1.82, 2.24) is 9.80 Å². The summed E-state index contributed by atoms with van der Waals surface area (Å²) in [6.07, 6.45) is 2.21. The SMILES string of the molecule is NC1=NC(=O)N(Cc2ccccc2)C12CN1CCC2CC1. The standard InChI is InChI=1S/C16H20N4O/c17-14-16(11-19-8-6-13(16)7-9-19)20(15(21)18-14)10-12-4-2-1-3-5-12/h1-5,13H,6-11H2,(H2,17,18,21). The quantitative estimate of drug-likeness (QED) is 0.894. The van der Waals surface area contributed by atoms with Gasteiger partial charge in [0.1, 0.15) is 11.4 Å². The maximum absolute atomic E-state index is 12.4. The summed E-state index contributed by atoms with van der Waals surface area (Å²) in [5, 5.41) is 0. The van der Waals surface area contributed by atoms with Crippen LogP contribution in [0, 0.1) is 5.92 Å². The van der Waals surface area contributed by atoms with E-state index in [4.69, 9.17) is 5.73 Å². The average Bonchev–Trinajstić information content (AvgIpc) is 2.74. The molecule has 4 aliphatic rings. The number of fused-ring (bicyclic) bond motifs is 2. The first-order chi connectivity index (χ1) is 10.2. The molecule has 1 aromatic rings. The molecule has 21 heavy (non-hydrogen) atoms. The lowest BCUT2D eigenvalue weighted by atomic mass is 9.71. The van der Waals surface area contributed by atoms with Gasteiger partial charge in [0.2, 0.25) is 0 Å². The average molecular weight is 284 g/mol. The molecule has 4 heterocycles. The van der Waals surface area contributed by atoms with Gasteiger partial charge in [-0.3, -0.25) is 0 Å².